The fourth-order valence-electron chi connectivity index (χ4n) is 1.36. The van der Waals surface area contributed by atoms with Crippen LogP contribution in [0.15, 0.2) is 23.3 Å². The molecule has 0 aromatic heterocycles. The molecular formula is C13H16FN5O2. The van der Waals surface area contributed by atoms with Gasteiger partial charge in [0.2, 0.25) is 5.71 Å². The molecule has 0 saturated heterocycles. The van der Waals surface area contributed by atoms with Gasteiger partial charge in [0.1, 0.15) is 23.3 Å². The zero-order valence-corrected chi connectivity index (χ0v) is 11.5. The van der Waals surface area contributed by atoms with Gasteiger partial charge in [0, 0.05) is 26.2 Å². The third kappa shape index (κ3) is 5.46. The number of rotatable bonds is 8. The third-order valence-corrected chi connectivity index (χ3v) is 2.34. The molecule has 7 nitrogen and oxygen atoms in total. The van der Waals surface area contributed by atoms with Crippen LogP contribution in [-0.4, -0.2) is 31.9 Å². The molecule has 21 heavy (non-hydrogen) atoms. The first-order chi connectivity index (χ1) is 10.1. The first-order valence-electron chi connectivity index (χ1n) is 6.08. The number of halogens is 1. The van der Waals surface area contributed by atoms with Crippen LogP contribution in [0.5, 0.6) is 5.75 Å². The summed E-state index contributed by atoms with van der Waals surface area (Å²) in [6.07, 6.45) is 0.674. The lowest BCUT2D eigenvalue weighted by atomic mass is 10.3. The van der Waals surface area contributed by atoms with Gasteiger partial charge >= 0.3 is 0 Å². The van der Waals surface area contributed by atoms with Crippen LogP contribution < -0.4 is 15.9 Å². The van der Waals surface area contributed by atoms with Gasteiger partial charge in [-0.15, -0.1) is 0 Å². The van der Waals surface area contributed by atoms with E-state index < -0.39 is 11.7 Å². The monoisotopic (exact) mass is 293 g/mol. The maximum absolute atomic E-state index is 13.3. The Balaban J connectivity index is 2.82. The van der Waals surface area contributed by atoms with Crippen LogP contribution in [0, 0.1) is 22.6 Å². The van der Waals surface area contributed by atoms with Crippen LogP contribution in [0.2, 0.25) is 0 Å². The molecule has 0 amide bonds. The van der Waals surface area contributed by atoms with E-state index in [1.807, 2.05) is 0 Å². The smallest absolute Gasteiger partial charge is 0.201 e. The molecule has 8 heteroatoms. The average molecular weight is 293 g/mol. The minimum absolute atomic E-state index is 0.237. The predicted molar refractivity (Wildman–Crippen MR) is 77.0 cm³/mol. The third-order valence-electron chi connectivity index (χ3n) is 2.34. The van der Waals surface area contributed by atoms with Gasteiger partial charge in [-0.05, 0) is 12.1 Å². The number of nitrogens with two attached hydrogens (primary N) is 1. The van der Waals surface area contributed by atoms with E-state index in [2.05, 4.69) is 10.5 Å². The predicted octanol–water partition coefficient (Wildman–Crippen LogP) is 1.47. The van der Waals surface area contributed by atoms with Crippen molar-refractivity contribution in [2.45, 2.75) is 6.42 Å². The summed E-state index contributed by atoms with van der Waals surface area (Å²) >= 11 is 0. The molecule has 0 unspecified atom stereocenters. The number of nitrogens with one attached hydrogen (secondary N) is 2. The van der Waals surface area contributed by atoms with Gasteiger partial charge < -0.3 is 15.2 Å². The first kappa shape index (κ1) is 16.4. The number of methoxy groups -OCH3 is 1. The van der Waals surface area contributed by atoms with Gasteiger partial charge in [-0.1, -0.05) is 0 Å². The number of amidine groups is 1. The van der Waals surface area contributed by atoms with Gasteiger partial charge in [0.25, 0.3) is 0 Å². The van der Waals surface area contributed by atoms with Crippen LogP contribution >= 0.6 is 0 Å². The minimum Gasteiger partial charge on any atom is -0.491 e. The van der Waals surface area contributed by atoms with E-state index in [-0.39, 0.29) is 11.4 Å². The standard InChI is InChI=1S/C13H16FN5O2/c1-20-5-2-6-21-12-4-3-9(14)7-10(12)18-19-11(8-15)13(16)17/h3-4,7,18H,2,5-6H2,1H3,(H3,16,17)/b19-11+. The summed E-state index contributed by atoms with van der Waals surface area (Å²) in [5, 5.41) is 19.5. The Morgan fingerprint density at radius 2 is 2.29 bits per heavy atom. The number of ether oxygens (including phenoxy) is 2. The molecule has 0 aliphatic carbocycles. The highest BCUT2D eigenvalue weighted by Crippen LogP contribution is 2.25. The summed E-state index contributed by atoms with van der Waals surface area (Å²) in [4.78, 5) is 0. The van der Waals surface area contributed by atoms with Gasteiger partial charge in [0.05, 0.1) is 6.61 Å². The molecule has 0 aliphatic rings. The number of benzene rings is 1. The number of nitrogens with zero attached hydrogens (tertiary/aromatic N) is 2. The molecule has 1 aromatic rings. The Morgan fingerprint density at radius 1 is 1.52 bits per heavy atom. The molecule has 4 N–H and O–H groups in total. The SMILES string of the molecule is COCCCOc1ccc(F)cc1N/N=C(\C#N)C(=N)N. The van der Waals surface area contributed by atoms with E-state index in [1.165, 1.54) is 18.2 Å². The number of hydrogen-bond donors (Lipinski definition) is 3. The van der Waals surface area contributed by atoms with Gasteiger partial charge in [0.15, 0.2) is 5.84 Å². The van der Waals surface area contributed by atoms with E-state index in [0.717, 1.165) is 0 Å². The zero-order chi connectivity index (χ0) is 15.7. The number of hydrazone groups is 1. The molecule has 0 atom stereocenters. The quantitative estimate of drug-likeness (QED) is 0.290. The lowest BCUT2D eigenvalue weighted by molar-refractivity contribution is 0.172. The summed E-state index contributed by atoms with van der Waals surface area (Å²) < 4.78 is 23.6. The van der Waals surface area contributed by atoms with Gasteiger partial charge in [-0.25, -0.2) is 4.39 Å². The van der Waals surface area contributed by atoms with Crippen molar-refractivity contribution in [3.05, 3.63) is 24.0 Å². The first-order valence-corrected chi connectivity index (χ1v) is 6.08. The van der Waals surface area contributed by atoms with Crippen LogP contribution in [0.3, 0.4) is 0 Å². The van der Waals surface area contributed by atoms with E-state index in [9.17, 15) is 4.39 Å². The molecule has 0 saturated carbocycles. The summed E-state index contributed by atoms with van der Waals surface area (Å²) in [5.74, 6) is -0.598. The molecule has 0 radical (unpaired) electrons. The van der Waals surface area contributed by atoms with Crippen molar-refractivity contribution in [1.82, 2.24) is 0 Å². The second-order valence-corrected chi connectivity index (χ2v) is 3.93. The average Bonchev–Trinajstić information content (AvgIpc) is 2.45. The lowest BCUT2D eigenvalue weighted by Gasteiger charge is -2.11. The Labute approximate surface area is 121 Å². The summed E-state index contributed by atoms with van der Waals surface area (Å²) in [6, 6.07) is 5.51. The Morgan fingerprint density at radius 3 is 2.90 bits per heavy atom. The Kier molecular flexibility index (Phi) is 6.63. The summed E-state index contributed by atoms with van der Waals surface area (Å²) in [6.45, 7) is 0.931. The molecule has 0 aliphatic heterocycles. The molecule has 0 bridgehead atoms. The van der Waals surface area contributed by atoms with Gasteiger partial charge in [-0.3, -0.25) is 10.8 Å². The summed E-state index contributed by atoms with van der Waals surface area (Å²) in [5.41, 5.74) is 7.58. The molecule has 0 heterocycles. The van der Waals surface area contributed by atoms with Crippen LogP contribution in [0.25, 0.3) is 0 Å². The topological polar surface area (TPSA) is 117 Å². The van der Waals surface area contributed by atoms with Crippen molar-refractivity contribution < 1.29 is 13.9 Å². The molecule has 0 spiro atoms. The lowest BCUT2D eigenvalue weighted by Crippen LogP contribution is -2.22. The Bertz CT molecular complexity index is 568. The van der Waals surface area contributed by atoms with Gasteiger partial charge in [-0.2, -0.15) is 10.4 Å². The highest BCUT2D eigenvalue weighted by atomic mass is 19.1. The zero-order valence-electron chi connectivity index (χ0n) is 11.5. The largest absolute Gasteiger partial charge is 0.491 e. The minimum atomic E-state index is -0.488. The maximum atomic E-state index is 13.3. The normalized spacial score (nSPS) is 10.8. The fourth-order valence-corrected chi connectivity index (χ4v) is 1.36. The highest BCUT2D eigenvalue weighted by molar-refractivity contribution is 6.45. The second-order valence-electron chi connectivity index (χ2n) is 3.93. The van der Waals surface area contributed by atoms with Crippen molar-refractivity contribution in [3.63, 3.8) is 0 Å². The Hall–Kier alpha value is -2.66. The van der Waals surface area contributed by atoms with E-state index >= 15 is 0 Å². The maximum Gasteiger partial charge on any atom is 0.201 e. The fraction of sp³-hybridized carbons (Fsp3) is 0.308. The second kappa shape index (κ2) is 8.50. The molecule has 0 fully saturated rings. The molecule has 1 rings (SSSR count). The van der Waals surface area contributed by atoms with Crippen LogP contribution in [-0.2, 0) is 4.74 Å². The molecular weight excluding hydrogens is 277 g/mol. The number of anilines is 1. The van der Waals surface area contributed by atoms with Crippen molar-refractivity contribution in [3.8, 4) is 11.8 Å². The van der Waals surface area contributed by atoms with E-state index in [0.29, 0.717) is 25.4 Å². The molecule has 112 valence electrons. The van der Waals surface area contributed by atoms with Crippen molar-refractivity contribution >= 4 is 17.2 Å². The van der Waals surface area contributed by atoms with Crippen LogP contribution in [0.4, 0.5) is 10.1 Å². The van der Waals surface area contributed by atoms with E-state index in [4.69, 9.17) is 25.9 Å². The van der Waals surface area contributed by atoms with Crippen molar-refractivity contribution in [2.75, 3.05) is 25.7 Å². The number of hydrogen-bond acceptors (Lipinski definition) is 6. The highest BCUT2D eigenvalue weighted by Gasteiger charge is 2.07. The van der Waals surface area contributed by atoms with E-state index in [1.54, 1.807) is 13.2 Å². The van der Waals surface area contributed by atoms with Crippen LogP contribution in [0.1, 0.15) is 6.42 Å². The number of nitriles is 1. The van der Waals surface area contributed by atoms with Crippen molar-refractivity contribution in [2.24, 2.45) is 10.8 Å². The molecule has 1 aromatic carbocycles. The summed E-state index contributed by atoms with van der Waals surface area (Å²) in [7, 11) is 1.59. The van der Waals surface area contributed by atoms with Crippen molar-refractivity contribution in [1.29, 1.82) is 10.7 Å².